The smallest absolute Gasteiger partial charge is 0.266 e. The molecule has 4 rings (SSSR count). The number of fused-ring (bicyclic) bond motifs is 1. The van der Waals surface area contributed by atoms with Crippen molar-refractivity contribution >= 4 is 34.3 Å². The summed E-state index contributed by atoms with van der Waals surface area (Å²) >= 11 is 7.78. The zero-order chi connectivity index (χ0) is 19.5. The Hall–Kier alpha value is -3.07. The van der Waals surface area contributed by atoms with Crippen LogP contribution in [0.4, 0.5) is 0 Å². The summed E-state index contributed by atoms with van der Waals surface area (Å²) in [7, 11) is 0. The molecule has 0 fully saturated rings. The number of thioether (sulfide) groups is 1. The van der Waals surface area contributed by atoms with Crippen molar-refractivity contribution in [2.24, 2.45) is 0 Å². The molecule has 3 aromatic carbocycles. The molecule has 0 aliphatic carbocycles. The maximum absolute atomic E-state index is 13.2. The van der Waals surface area contributed by atoms with E-state index >= 15 is 0 Å². The third-order valence-corrected chi connectivity index (χ3v) is 5.64. The van der Waals surface area contributed by atoms with Crippen LogP contribution in [0.15, 0.2) is 82.7 Å². The van der Waals surface area contributed by atoms with Gasteiger partial charge in [0.05, 0.1) is 33.2 Å². The van der Waals surface area contributed by atoms with Gasteiger partial charge in [-0.05, 0) is 35.9 Å². The van der Waals surface area contributed by atoms with E-state index in [1.807, 2.05) is 48.5 Å². The molecular formula is C22H14ClN3OS. The van der Waals surface area contributed by atoms with Gasteiger partial charge in [-0.2, -0.15) is 5.26 Å². The third kappa shape index (κ3) is 3.40. The Bertz CT molecular complexity index is 1280. The molecule has 6 heteroatoms. The fourth-order valence-electron chi connectivity index (χ4n) is 2.95. The van der Waals surface area contributed by atoms with E-state index in [-0.39, 0.29) is 5.56 Å². The topological polar surface area (TPSA) is 58.7 Å². The molecule has 0 aliphatic rings. The molecule has 0 amide bonds. The Labute approximate surface area is 171 Å². The Morgan fingerprint density at radius 2 is 1.71 bits per heavy atom. The van der Waals surface area contributed by atoms with Gasteiger partial charge in [-0.25, -0.2) is 4.98 Å². The van der Waals surface area contributed by atoms with Gasteiger partial charge in [0, 0.05) is 5.75 Å². The predicted octanol–water partition coefficient (Wildman–Crippen LogP) is 5.20. The summed E-state index contributed by atoms with van der Waals surface area (Å²) in [6.07, 6.45) is 0. The molecule has 0 unspecified atom stereocenters. The second kappa shape index (κ2) is 7.89. The van der Waals surface area contributed by atoms with Crippen LogP contribution >= 0.6 is 23.4 Å². The van der Waals surface area contributed by atoms with Gasteiger partial charge in [-0.1, -0.05) is 65.8 Å². The van der Waals surface area contributed by atoms with E-state index in [9.17, 15) is 10.1 Å². The maximum atomic E-state index is 13.2. The predicted molar refractivity (Wildman–Crippen MR) is 113 cm³/mol. The van der Waals surface area contributed by atoms with E-state index in [1.54, 1.807) is 28.8 Å². The number of nitriles is 1. The van der Waals surface area contributed by atoms with Gasteiger partial charge in [0.25, 0.3) is 5.56 Å². The van der Waals surface area contributed by atoms with Gasteiger partial charge in [0.2, 0.25) is 0 Å². The second-order valence-corrected chi connectivity index (χ2v) is 7.41. The lowest BCUT2D eigenvalue weighted by molar-refractivity contribution is 0.820. The summed E-state index contributed by atoms with van der Waals surface area (Å²) in [4.78, 5) is 17.9. The molecule has 0 atom stereocenters. The van der Waals surface area contributed by atoms with Crippen LogP contribution in [-0.4, -0.2) is 9.55 Å². The van der Waals surface area contributed by atoms with E-state index < -0.39 is 0 Å². The first-order valence-electron chi connectivity index (χ1n) is 8.56. The van der Waals surface area contributed by atoms with Crippen molar-refractivity contribution in [1.29, 1.82) is 5.26 Å². The summed E-state index contributed by atoms with van der Waals surface area (Å²) in [6, 6.07) is 24.1. The van der Waals surface area contributed by atoms with Crippen LogP contribution in [0.25, 0.3) is 16.6 Å². The number of aromatic nitrogens is 2. The van der Waals surface area contributed by atoms with E-state index in [4.69, 9.17) is 16.6 Å². The zero-order valence-electron chi connectivity index (χ0n) is 14.7. The van der Waals surface area contributed by atoms with Gasteiger partial charge in [0.1, 0.15) is 0 Å². The summed E-state index contributed by atoms with van der Waals surface area (Å²) in [6.45, 7) is 0. The fourth-order valence-corrected chi connectivity index (χ4v) is 4.18. The van der Waals surface area contributed by atoms with Crippen LogP contribution in [0, 0.1) is 11.3 Å². The van der Waals surface area contributed by atoms with Crippen LogP contribution in [-0.2, 0) is 5.75 Å². The van der Waals surface area contributed by atoms with Gasteiger partial charge >= 0.3 is 0 Å². The molecule has 0 spiro atoms. The number of nitrogens with zero attached hydrogens (tertiary/aromatic N) is 3. The maximum Gasteiger partial charge on any atom is 0.266 e. The average Bonchev–Trinajstić information content (AvgIpc) is 2.73. The fraction of sp³-hybridized carbons (Fsp3) is 0.0455. The van der Waals surface area contributed by atoms with Crippen LogP contribution in [0.2, 0.25) is 5.02 Å². The number of rotatable bonds is 4. The highest BCUT2D eigenvalue weighted by atomic mass is 35.5. The minimum atomic E-state index is -0.172. The number of benzene rings is 3. The van der Waals surface area contributed by atoms with Crippen LogP contribution in [0.3, 0.4) is 0 Å². The molecule has 0 aliphatic heterocycles. The lowest BCUT2D eigenvalue weighted by Crippen LogP contribution is -2.22. The first-order valence-corrected chi connectivity index (χ1v) is 9.93. The van der Waals surface area contributed by atoms with Crippen molar-refractivity contribution < 1.29 is 0 Å². The minimum absolute atomic E-state index is 0.172. The molecule has 4 aromatic rings. The van der Waals surface area contributed by atoms with Crippen molar-refractivity contribution in [1.82, 2.24) is 9.55 Å². The Morgan fingerprint density at radius 1 is 1.00 bits per heavy atom. The number of para-hydroxylation sites is 2. The molecule has 28 heavy (non-hydrogen) atoms. The zero-order valence-corrected chi connectivity index (χ0v) is 16.2. The van der Waals surface area contributed by atoms with Crippen LogP contribution in [0.1, 0.15) is 11.1 Å². The number of halogens is 1. The molecule has 0 bridgehead atoms. The van der Waals surface area contributed by atoms with Gasteiger partial charge < -0.3 is 0 Å². The molecular weight excluding hydrogens is 390 g/mol. The van der Waals surface area contributed by atoms with E-state index in [1.165, 1.54) is 11.8 Å². The summed E-state index contributed by atoms with van der Waals surface area (Å²) in [5, 5.41) is 10.9. The molecule has 0 saturated carbocycles. The highest BCUT2D eigenvalue weighted by molar-refractivity contribution is 7.98. The van der Waals surface area contributed by atoms with Gasteiger partial charge in [-0.3, -0.25) is 9.36 Å². The monoisotopic (exact) mass is 403 g/mol. The SMILES string of the molecule is N#Cc1ccccc1CSc1nc2ccccc2c(=O)n1-c1ccccc1Cl. The summed E-state index contributed by atoms with van der Waals surface area (Å²) in [5.41, 5.74) is 2.55. The Balaban J connectivity index is 1.87. The summed E-state index contributed by atoms with van der Waals surface area (Å²) in [5.74, 6) is 0.513. The second-order valence-electron chi connectivity index (χ2n) is 6.06. The largest absolute Gasteiger partial charge is 0.268 e. The molecule has 136 valence electrons. The van der Waals surface area contributed by atoms with Crippen molar-refractivity contribution in [3.8, 4) is 11.8 Å². The van der Waals surface area contributed by atoms with Gasteiger partial charge in [0.15, 0.2) is 5.16 Å². The quantitative estimate of drug-likeness (QED) is 0.347. The highest BCUT2D eigenvalue weighted by Gasteiger charge is 2.15. The van der Waals surface area contributed by atoms with E-state index in [2.05, 4.69) is 6.07 Å². The van der Waals surface area contributed by atoms with E-state index in [0.29, 0.717) is 38.1 Å². The molecule has 1 heterocycles. The summed E-state index contributed by atoms with van der Waals surface area (Å²) < 4.78 is 1.55. The van der Waals surface area contributed by atoms with Crippen molar-refractivity contribution in [2.75, 3.05) is 0 Å². The van der Waals surface area contributed by atoms with Crippen LogP contribution in [0.5, 0.6) is 0 Å². The minimum Gasteiger partial charge on any atom is -0.268 e. The molecule has 1 aromatic heterocycles. The van der Waals surface area contributed by atoms with Crippen LogP contribution < -0.4 is 5.56 Å². The van der Waals surface area contributed by atoms with E-state index in [0.717, 1.165) is 5.56 Å². The number of hydrogen-bond acceptors (Lipinski definition) is 4. The number of hydrogen-bond donors (Lipinski definition) is 0. The first-order chi connectivity index (χ1) is 13.7. The van der Waals surface area contributed by atoms with Crippen molar-refractivity contribution in [3.63, 3.8) is 0 Å². The highest BCUT2D eigenvalue weighted by Crippen LogP contribution is 2.28. The third-order valence-electron chi connectivity index (χ3n) is 4.33. The van der Waals surface area contributed by atoms with Crippen molar-refractivity contribution in [3.05, 3.63) is 99.3 Å². The molecule has 4 nitrogen and oxygen atoms in total. The first kappa shape index (κ1) is 18.3. The Morgan fingerprint density at radius 3 is 2.54 bits per heavy atom. The average molecular weight is 404 g/mol. The van der Waals surface area contributed by atoms with Gasteiger partial charge in [-0.15, -0.1) is 0 Å². The lowest BCUT2D eigenvalue weighted by Gasteiger charge is -2.14. The molecule has 0 saturated heterocycles. The Kier molecular flexibility index (Phi) is 5.16. The normalized spacial score (nSPS) is 10.7. The molecule has 0 radical (unpaired) electrons. The lowest BCUT2D eigenvalue weighted by atomic mass is 10.1. The molecule has 0 N–H and O–H groups in total. The van der Waals surface area contributed by atoms with Crippen molar-refractivity contribution in [2.45, 2.75) is 10.9 Å². The standard InChI is InChI=1S/C22H14ClN3OS/c23-18-10-4-6-12-20(18)26-21(27)17-9-3-5-11-19(17)25-22(26)28-14-16-8-2-1-7-15(16)13-24/h1-12H,14H2.